The number of rotatable bonds is 6. The van der Waals surface area contributed by atoms with Gasteiger partial charge in [0.05, 0.1) is 11.1 Å². The predicted octanol–water partition coefficient (Wildman–Crippen LogP) is 5.48. The first-order chi connectivity index (χ1) is 15.6. The minimum absolute atomic E-state index is 0.101. The van der Waals surface area contributed by atoms with E-state index in [1.54, 1.807) is 44.2 Å². The van der Waals surface area contributed by atoms with Crippen LogP contribution in [0, 0.1) is 0 Å². The SMILES string of the molecule is CC(C)(C)NC(=O)C(C)(C)c1ccc2c(c1)cc(-c1ccccc1OC(F)(F)F)n2CC(=O)O. The number of ether oxygens (including phenoxy) is 1. The number of alkyl halides is 3. The van der Waals surface area contributed by atoms with Crippen molar-refractivity contribution in [2.45, 2.75) is 58.5 Å². The summed E-state index contributed by atoms with van der Waals surface area (Å²) in [6, 6.07) is 12.3. The number of carbonyl (C=O) groups excluding carboxylic acids is 1. The number of para-hydroxylation sites is 1. The summed E-state index contributed by atoms with van der Waals surface area (Å²) in [4.78, 5) is 24.5. The number of amides is 1. The molecule has 2 aromatic carbocycles. The van der Waals surface area contributed by atoms with E-state index in [1.165, 1.54) is 22.8 Å². The van der Waals surface area contributed by atoms with E-state index < -0.39 is 35.6 Å². The molecule has 1 aromatic heterocycles. The highest BCUT2D eigenvalue weighted by atomic mass is 19.4. The Labute approximate surface area is 195 Å². The Kier molecular flexibility index (Phi) is 6.43. The Bertz CT molecular complexity index is 1240. The summed E-state index contributed by atoms with van der Waals surface area (Å²) in [6.07, 6.45) is -4.91. The Morgan fingerprint density at radius 3 is 2.24 bits per heavy atom. The van der Waals surface area contributed by atoms with Gasteiger partial charge in [-0.05, 0) is 70.5 Å². The molecule has 0 saturated carbocycles. The van der Waals surface area contributed by atoms with Crippen LogP contribution in [0.2, 0.25) is 0 Å². The summed E-state index contributed by atoms with van der Waals surface area (Å²) in [7, 11) is 0. The van der Waals surface area contributed by atoms with Crippen molar-refractivity contribution >= 4 is 22.8 Å². The van der Waals surface area contributed by atoms with E-state index in [0.717, 1.165) is 0 Å². The summed E-state index contributed by atoms with van der Waals surface area (Å²) in [6.45, 7) is 8.72. The van der Waals surface area contributed by atoms with Gasteiger partial charge in [0.2, 0.25) is 5.91 Å². The maximum absolute atomic E-state index is 13.0. The lowest BCUT2D eigenvalue weighted by molar-refractivity contribution is -0.274. The van der Waals surface area contributed by atoms with Crippen molar-refractivity contribution in [3.8, 4) is 17.0 Å². The standard InChI is InChI=1S/C25H27F3N2O4/c1-23(2,3)29-22(33)24(4,5)16-10-11-18-15(12-16)13-19(30(18)14-21(31)32)17-8-6-7-9-20(17)34-25(26,27)28/h6-13H,14H2,1-5H3,(H,29,33)(H,31,32). The van der Waals surface area contributed by atoms with Gasteiger partial charge in [-0.15, -0.1) is 13.2 Å². The smallest absolute Gasteiger partial charge is 0.480 e. The zero-order chi connectivity index (χ0) is 25.5. The number of hydrogen-bond donors (Lipinski definition) is 2. The third-order valence-electron chi connectivity index (χ3n) is 5.36. The van der Waals surface area contributed by atoms with E-state index in [-0.39, 0.29) is 17.2 Å². The topological polar surface area (TPSA) is 80.6 Å². The number of fused-ring (bicyclic) bond motifs is 1. The van der Waals surface area contributed by atoms with Crippen molar-refractivity contribution in [3.05, 3.63) is 54.1 Å². The number of carboxylic acid groups (broad SMARTS) is 1. The van der Waals surface area contributed by atoms with Crippen LogP contribution >= 0.6 is 0 Å². The molecule has 1 amide bonds. The molecule has 0 atom stereocenters. The molecule has 2 N–H and O–H groups in total. The van der Waals surface area contributed by atoms with Gasteiger partial charge < -0.3 is 19.7 Å². The van der Waals surface area contributed by atoms with Gasteiger partial charge in [0.15, 0.2) is 0 Å². The molecule has 0 fully saturated rings. The van der Waals surface area contributed by atoms with Crippen molar-refractivity contribution in [3.63, 3.8) is 0 Å². The molecule has 0 aliphatic carbocycles. The van der Waals surface area contributed by atoms with Crippen LogP contribution in [-0.2, 0) is 21.5 Å². The van der Waals surface area contributed by atoms with Crippen LogP contribution in [0.15, 0.2) is 48.5 Å². The predicted molar refractivity (Wildman–Crippen MR) is 123 cm³/mol. The van der Waals surface area contributed by atoms with Gasteiger partial charge >= 0.3 is 12.3 Å². The lowest BCUT2D eigenvalue weighted by Crippen LogP contribution is -2.48. The molecule has 0 saturated heterocycles. The number of aromatic nitrogens is 1. The molecule has 3 aromatic rings. The first-order valence-corrected chi connectivity index (χ1v) is 10.6. The van der Waals surface area contributed by atoms with Crippen molar-refractivity contribution in [2.75, 3.05) is 0 Å². The molecule has 34 heavy (non-hydrogen) atoms. The maximum atomic E-state index is 13.0. The highest BCUT2D eigenvalue weighted by Crippen LogP contribution is 2.38. The van der Waals surface area contributed by atoms with Crippen LogP contribution in [-0.4, -0.2) is 33.5 Å². The molecular formula is C25H27F3N2O4. The third-order valence-corrected chi connectivity index (χ3v) is 5.36. The summed E-state index contributed by atoms with van der Waals surface area (Å²) in [5.74, 6) is -1.77. The fourth-order valence-corrected chi connectivity index (χ4v) is 3.71. The number of benzene rings is 2. The van der Waals surface area contributed by atoms with Crippen LogP contribution in [0.25, 0.3) is 22.2 Å². The maximum Gasteiger partial charge on any atom is 0.573 e. The number of carbonyl (C=O) groups is 2. The van der Waals surface area contributed by atoms with Crippen molar-refractivity contribution in [1.29, 1.82) is 0 Å². The van der Waals surface area contributed by atoms with E-state index in [9.17, 15) is 27.9 Å². The highest BCUT2D eigenvalue weighted by Gasteiger charge is 2.34. The van der Waals surface area contributed by atoms with Gasteiger partial charge in [0.1, 0.15) is 12.3 Å². The number of nitrogens with zero attached hydrogens (tertiary/aromatic N) is 1. The quantitative estimate of drug-likeness (QED) is 0.494. The second-order valence-electron chi connectivity index (χ2n) is 9.66. The van der Waals surface area contributed by atoms with Crippen molar-refractivity contribution in [1.82, 2.24) is 9.88 Å². The lowest BCUT2D eigenvalue weighted by Gasteiger charge is -2.30. The third kappa shape index (κ3) is 5.52. The van der Waals surface area contributed by atoms with Crippen LogP contribution < -0.4 is 10.1 Å². The fraction of sp³-hybridized carbons (Fsp3) is 0.360. The summed E-state index contributed by atoms with van der Waals surface area (Å²) in [5.41, 5.74) is 0.206. The van der Waals surface area contributed by atoms with Crippen molar-refractivity contribution < 1.29 is 32.6 Å². The molecule has 0 bridgehead atoms. The fourth-order valence-electron chi connectivity index (χ4n) is 3.71. The molecule has 6 nitrogen and oxygen atoms in total. The Balaban J connectivity index is 2.17. The van der Waals surface area contributed by atoms with E-state index in [4.69, 9.17) is 0 Å². The molecule has 0 unspecified atom stereocenters. The second kappa shape index (κ2) is 8.70. The van der Waals surface area contributed by atoms with Crippen molar-refractivity contribution in [2.24, 2.45) is 0 Å². The molecule has 3 rings (SSSR count). The normalized spacial score (nSPS) is 12.6. The molecule has 0 radical (unpaired) electrons. The first kappa shape index (κ1) is 25.1. The zero-order valence-corrected chi connectivity index (χ0v) is 19.6. The number of hydrogen-bond acceptors (Lipinski definition) is 3. The molecule has 182 valence electrons. The van der Waals surface area contributed by atoms with E-state index in [0.29, 0.717) is 16.5 Å². The van der Waals surface area contributed by atoms with Crippen LogP contribution in [0.5, 0.6) is 5.75 Å². The second-order valence-corrected chi connectivity index (χ2v) is 9.66. The van der Waals surface area contributed by atoms with Gasteiger partial charge in [-0.3, -0.25) is 9.59 Å². The average molecular weight is 476 g/mol. The van der Waals surface area contributed by atoms with Crippen LogP contribution in [0.1, 0.15) is 40.2 Å². The minimum Gasteiger partial charge on any atom is -0.480 e. The summed E-state index contributed by atoms with van der Waals surface area (Å²) in [5, 5.41) is 13.0. The van der Waals surface area contributed by atoms with Gasteiger partial charge in [0.25, 0.3) is 0 Å². The van der Waals surface area contributed by atoms with Gasteiger partial charge in [-0.1, -0.05) is 18.2 Å². The van der Waals surface area contributed by atoms with Gasteiger partial charge in [0, 0.05) is 22.0 Å². The number of aliphatic carboxylic acids is 1. The van der Waals surface area contributed by atoms with Crippen LogP contribution in [0.3, 0.4) is 0 Å². The monoisotopic (exact) mass is 476 g/mol. The van der Waals surface area contributed by atoms with E-state index in [2.05, 4.69) is 10.1 Å². The first-order valence-electron chi connectivity index (χ1n) is 10.6. The van der Waals surface area contributed by atoms with Crippen LogP contribution in [0.4, 0.5) is 13.2 Å². The summed E-state index contributed by atoms with van der Waals surface area (Å²) < 4.78 is 44.5. The number of carboxylic acids is 1. The van der Waals surface area contributed by atoms with E-state index in [1.807, 2.05) is 20.8 Å². The largest absolute Gasteiger partial charge is 0.573 e. The van der Waals surface area contributed by atoms with Gasteiger partial charge in [-0.2, -0.15) is 0 Å². The van der Waals surface area contributed by atoms with E-state index >= 15 is 0 Å². The molecule has 0 aliphatic rings. The number of halogens is 3. The lowest BCUT2D eigenvalue weighted by atomic mass is 9.82. The Hall–Kier alpha value is -3.49. The summed E-state index contributed by atoms with van der Waals surface area (Å²) >= 11 is 0. The Morgan fingerprint density at radius 1 is 1.00 bits per heavy atom. The minimum atomic E-state index is -4.91. The Morgan fingerprint density at radius 2 is 1.65 bits per heavy atom. The van der Waals surface area contributed by atoms with Gasteiger partial charge in [-0.25, -0.2) is 0 Å². The number of nitrogens with one attached hydrogen (secondary N) is 1. The zero-order valence-electron chi connectivity index (χ0n) is 19.6. The molecule has 0 spiro atoms. The molecule has 9 heteroatoms. The average Bonchev–Trinajstić information content (AvgIpc) is 3.02. The molecule has 1 heterocycles. The molecule has 0 aliphatic heterocycles. The highest BCUT2D eigenvalue weighted by molar-refractivity contribution is 5.93. The molecular weight excluding hydrogens is 449 g/mol.